The lowest BCUT2D eigenvalue weighted by Gasteiger charge is -2.11. The van der Waals surface area contributed by atoms with Gasteiger partial charge in [-0.3, -0.25) is 0 Å². The summed E-state index contributed by atoms with van der Waals surface area (Å²) in [5.74, 6) is 0.658. The number of hydrogen-bond acceptors (Lipinski definition) is 5. The Hall–Kier alpha value is -1.15. The van der Waals surface area contributed by atoms with Crippen molar-refractivity contribution in [2.24, 2.45) is 0 Å². The monoisotopic (exact) mass is 288 g/mol. The minimum Gasteiger partial charge on any atom is -0.496 e. The van der Waals surface area contributed by atoms with Gasteiger partial charge in [0, 0.05) is 25.8 Å². The van der Waals surface area contributed by atoms with E-state index in [9.17, 15) is 8.42 Å². The molecule has 0 aliphatic rings. The molecule has 6 nitrogen and oxygen atoms in total. The fourth-order valence-corrected chi connectivity index (χ4v) is 2.68. The van der Waals surface area contributed by atoms with Gasteiger partial charge in [-0.2, -0.15) is 0 Å². The zero-order valence-corrected chi connectivity index (χ0v) is 12.2. The van der Waals surface area contributed by atoms with Crippen molar-refractivity contribution < 1.29 is 17.9 Å². The molecule has 1 aromatic carbocycles. The third-order valence-corrected chi connectivity index (χ3v) is 3.99. The predicted octanol–water partition coefficient (Wildman–Crippen LogP) is 0.339. The molecule has 0 saturated carbocycles. The van der Waals surface area contributed by atoms with E-state index in [1.807, 2.05) is 0 Å². The van der Waals surface area contributed by atoms with Crippen LogP contribution >= 0.6 is 0 Å². The van der Waals surface area contributed by atoms with E-state index in [0.29, 0.717) is 18.9 Å². The van der Waals surface area contributed by atoms with Crippen molar-refractivity contribution in [2.45, 2.75) is 11.4 Å². The van der Waals surface area contributed by atoms with E-state index in [1.54, 1.807) is 26.3 Å². The van der Waals surface area contributed by atoms with Crippen molar-refractivity contribution in [3.05, 3.63) is 23.8 Å². The molecule has 1 rings (SSSR count). The molecule has 0 fully saturated rings. The fraction of sp³-hybridized carbons (Fsp3) is 0.500. The lowest BCUT2D eigenvalue weighted by molar-refractivity contribution is 0.204. The zero-order chi connectivity index (χ0) is 14.3. The van der Waals surface area contributed by atoms with Gasteiger partial charge in [0.1, 0.15) is 5.75 Å². The smallest absolute Gasteiger partial charge is 0.240 e. The van der Waals surface area contributed by atoms with Crippen molar-refractivity contribution in [2.75, 3.05) is 34.4 Å². The number of ether oxygens (including phenoxy) is 2. The molecular weight excluding hydrogens is 268 g/mol. The first kappa shape index (κ1) is 15.9. The average Bonchev–Trinajstić information content (AvgIpc) is 2.39. The van der Waals surface area contributed by atoms with Crippen molar-refractivity contribution in [3.63, 3.8) is 0 Å². The summed E-state index contributed by atoms with van der Waals surface area (Å²) in [6.45, 7) is 1.11. The van der Waals surface area contributed by atoms with Crippen LogP contribution in [0.25, 0.3) is 0 Å². The van der Waals surface area contributed by atoms with Gasteiger partial charge in [-0.15, -0.1) is 0 Å². The molecule has 0 bridgehead atoms. The molecular formula is C12H20N2O4S. The highest BCUT2D eigenvalue weighted by Crippen LogP contribution is 2.22. The topological polar surface area (TPSA) is 76.7 Å². The quantitative estimate of drug-likeness (QED) is 0.675. The minimum absolute atomic E-state index is 0.217. The third-order valence-electron chi connectivity index (χ3n) is 2.53. The summed E-state index contributed by atoms with van der Waals surface area (Å²) in [5.41, 5.74) is 0.791. The summed E-state index contributed by atoms with van der Waals surface area (Å²) in [5, 5.41) is 2.97. The highest BCUT2D eigenvalue weighted by atomic mass is 32.2. The van der Waals surface area contributed by atoms with Gasteiger partial charge in [-0.05, 0) is 25.2 Å². The van der Waals surface area contributed by atoms with E-state index < -0.39 is 10.0 Å². The Morgan fingerprint density at radius 3 is 2.58 bits per heavy atom. The highest BCUT2D eigenvalue weighted by Gasteiger charge is 2.15. The molecule has 0 atom stereocenters. The summed E-state index contributed by atoms with van der Waals surface area (Å²) in [6, 6.07) is 4.77. The first-order chi connectivity index (χ1) is 9.05. The minimum atomic E-state index is -3.51. The molecule has 19 heavy (non-hydrogen) atoms. The molecule has 0 aliphatic carbocycles. The second-order valence-electron chi connectivity index (χ2n) is 3.89. The van der Waals surface area contributed by atoms with Crippen molar-refractivity contribution in [1.82, 2.24) is 10.0 Å². The molecule has 7 heteroatoms. The Labute approximate surface area is 114 Å². The Balaban J connectivity index is 2.97. The van der Waals surface area contributed by atoms with E-state index in [4.69, 9.17) is 9.47 Å². The van der Waals surface area contributed by atoms with Crippen molar-refractivity contribution in [3.8, 4) is 5.75 Å². The summed E-state index contributed by atoms with van der Waals surface area (Å²) in [4.78, 5) is 0.217. The fourth-order valence-electron chi connectivity index (χ4n) is 1.61. The molecule has 0 aliphatic heterocycles. The summed E-state index contributed by atoms with van der Waals surface area (Å²) >= 11 is 0. The van der Waals surface area contributed by atoms with Crippen LogP contribution in [-0.4, -0.2) is 42.8 Å². The number of methoxy groups -OCH3 is 2. The molecule has 0 unspecified atom stereocenters. The van der Waals surface area contributed by atoms with Gasteiger partial charge in [0.2, 0.25) is 10.0 Å². The Kier molecular flexibility index (Phi) is 6.23. The maximum Gasteiger partial charge on any atom is 0.240 e. The standard InChI is InChI=1S/C12H20N2O4S/c1-13-9-10-8-11(4-5-12(10)18-3)19(15,16)14-6-7-17-2/h4-5,8,13-14H,6-7,9H2,1-3H3. The molecule has 0 saturated heterocycles. The second-order valence-corrected chi connectivity index (χ2v) is 5.66. The molecule has 0 aromatic heterocycles. The second kappa shape index (κ2) is 7.44. The summed E-state index contributed by atoms with van der Waals surface area (Å²) < 4.78 is 36.5. The van der Waals surface area contributed by atoms with Crippen LogP contribution in [0.15, 0.2) is 23.1 Å². The Morgan fingerprint density at radius 2 is 2.00 bits per heavy atom. The van der Waals surface area contributed by atoms with Gasteiger partial charge < -0.3 is 14.8 Å². The zero-order valence-electron chi connectivity index (χ0n) is 11.4. The van der Waals surface area contributed by atoms with Crippen LogP contribution in [0, 0.1) is 0 Å². The van der Waals surface area contributed by atoms with Crippen LogP contribution in [0.2, 0.25) is 0 Å². The molecule has 108 valence electrons. The predicted molar refractivity (Wildman–Crippen MR) is 72.8 cm³/mol. The van der Waals surface area contributed by atoms with Gasteiger partial charge in [0.15, 0.2) is 0 Å². The maximum absolute atomic E-state index is 12.0. The summed E-state index contributed by atoms with van der Waals surface area (Å²) in [6.07, 6.45) is 0. The molecule has 0 radical (unpaired) electrons. The van der Waals surface area contributed by atoms with Crippen LogP contribution in [0.1, 0.15) is 5.56 Å². The maximum atomic E-state index is 12.0. The van der Waals surface area contributed by atoms with Crippen LogP contribution in [-0.2, 0) is 21.3 Å². The van der Waals surface area contributed by atoms with Gasteiger partial charge >= 0.3 is 0 Å². The van der Waals surface area contributed by atoms with E-state index in [0.717, 1.165) is 5.56 Å². The number of hydrogen-bond donors (Lipinski definition) is 2. The SMILES string of the molecule is CNCc1cc(S(=O)(=O)NCCOC)ccc1OC. The first-order valence-corrected chi connectivity index (χ1v) is 7.33. The molecule has 0 heterocycles. The normalized spacial score (nSPS) is 11.5. The average molecular weight is 288 g/mol. The molecule has 0 spiro atoms. The lowest BCUT2D eigenvalue weighted by atomic mass is 10.2. The van der Waals surface area contributed by atoms with Crippen LogP contribution < -0.4 is 14.8 Å². The van der Waals surface area contributed by atoms with Crippen molar-refractivity contribution in [1.29, 1.82) is 0 Å². The van der Waals surface area contributed by atoms with Gasteiger partial charge in [-0.1, -0.05) is 0 Å². The van der Waals surface area contributed by atoms with E-state index in [2.05, 4.69) is 10.0 Å². The Morgan fingerprint density at radius 1 is 1.26 bits per heavy atom. The molecule has 1 aromatic rings. The summed E-state index contributed by atoms with van der Waals surface area (Å²) in [7, 11) is 1.35. The number of benzene rings is 1. The number of sulfonamides is 1. The largest absolute Gasteiger partial charge is 0.496 e. The van der Waals surface area contributed by atoms with Crippen LogP contribution in [0.4, 0.5) is 0 Å². The van der Waals surface area contributed by atoms with Gasteiger partial charge in [-0.25, -0.2) is 13.1 Å². The molecule has 2 N–H and O–H groups in total. The molecule has 0 amide bonds. The number of nitrogens with one attached hydrogen (secondary N) is 2. The van der Waals surface area contributed by atoms with Crippen molar-refractivity contribution >= 4 is 10.0 Å². The highest BCUT2D eigenvalue weighted by molar-refractivity contribution is 7.89. The van der Waals surface area contributed by atoms with Crippen LogP contribution in [0.3, 0.4) is 0 Å². The van der Waals surface area contributed by atoms with Gasteiger partial charge in [0.25, 0.3) is 0 Å². The van der Waals surface area contributed by atoms with E-state index in [1.165, 1.54) is 13.2 Å². The van der Waals surface area contributed by atoms with Gasteiger partial charge in [0.05, 0.1) is 18.6 Å². The lowest BCUT2D eigenvalue weighted by Crippen LogP contribution is -2.27. The first-order valence-electron chi connectivity index (χ1n) is 5.85. The van der Waals surface area contributed by atoms with Crippen LogP contribution in [0.5, 0.6) is 5.75 Å². The Bertz CT molecular complexity index is 502. The van der Waals surface area contributed by atoms with E-state index >= 15 is 0 Å². The number of rotatable bonds is 8. The van der Waals surface area contributed by atoms with E-state index in [-0.39, 0.29) is 11.4 Å². The third kappa shape index (κ3) is 4.46.